The van der Waals surface area contributed by atoms with Gasteiger partial charge in [0.15, 0.2) is 0 Å². The minimum absolute atomic E-state index is 0.252. The summed E-state index contributed by atoms with van der Waals surface area (Å²) in [7, 11) is 6.95. The van der Waals surface area contributed by atoms with Gasteiger partial charge in [-0.1, -0.05) is 0 Å². The second-order valence-corrected chi connectivity index (χ2v) is 3.35. The van der Waals surface area contributed by atoms with Gasteiger partial charge in [0.25, 0.3) is 0 Å². The van der Waals surface area contributed by atoms with Crippen LogP contribution < -0.4 is 9.80 Å². The van der Waals surface area contributed by atoms with Crippen molar-refractivity contribution in [2.24, 2.45) is 0 Å². The molecule has 0 aliphatic heterocycles. The molecule has 1 heterocycles. The van der Waals surface area contributed by atoms with Crippen molar-refractivity contribution in [2.45, 2.75) is 0 Å². The molecule has 0 saturated heterocycles. The lowest BCUT2D eigenvalue weighted by Gasteiger charge is -2.14. The van der Waals surface area contributed by atoms with E-state index in [-0.39, 0.29) is 5.82 Å². The molecule has 0 atom stereocenters. The number of aromatic nitrogens is 3. The SMILES string of the molecule is CN(C)c1nc(C(=O)O)nc(N(C)C)n1. The van der Waals surface area contributed by atoms with Crippen LogP contribution in [0.4, 0.5) is 11.9 Å². The molecule has 0 spiro atoms. The lowest BCUT2D eigenvalue weighted by Crippen LogP contribution is -2.21. The van der Waals surface area contributed by atoms with Gasteiger partial charge in [0.1, 0.15) is 0 Å². The zero-order valence-corrected chi connectivity index (χ0v) is 9.09. The van der Waals surface area contributed by atoms with Crippen LogP contribution in [0.3, 0.4) is 0 Å². The minimum atomic E-state index is -1.16. The van der Waals surface area contributed by atoms with Crippen LogP contribution in [0, 0.1) is 0 Å². The van der Waals surface area contributed by atoms with E-state index in [1.807, 2.05) is 0 Å². The molecule has 0 fully saturated rings. The van der Waals surface area contributed by atoms with E-state index in [1.165, 1.54) is 0 Å². The molecule has 0 saturated carbocycles. The van der Waals surface area contributed by atoms with Gasteiger partial charge in [-0.3, -0.25) is 0 Å². The molecule has 0 aliphatic rings. The summed E-state index contributed by atoms with van der Waals surface area (Å²) < 4.78 is 0. The Balaban J connectivity index is 3.26. The number of hydrogen-bond donors (Lipinski definition) is 1. The van der Waals surface area contributed by atoms with Crippen LogP contribution in [0.2, 0.25) is 0 Å². The number of nitrogens with zero attached hydrogens (tertiary/aromatic N) is 5. The average Bonchev–Trinajstić information content (AvgIpc) is 2.16. The number of carboxylic acid groups (broad SMARTS) is 1. The van der Waals surface area contributed by atoms with Gasteiger partial charge in [-0.2, -0.15) is 15.0 Å². The van der Waals surface area contributed by atoms with Crippen molar-refractivity contribution in [3.05, 3.63) is 5.82 Å². The Bertz CT molecular complexity index is 351. The van der Waals surface area contributed by atoms with Crippen molar-refractivity contribution in [1.29, 1.82) is 0 Å². The highest BCUT2D eigenvalue weighted by atomic mass is 16.4. The van der Waals surface area contributed by atoms with Gasteiger partial charge in [-0.25, -0.2) is 4.79 Å². The fourth-order valence-corrected chi connectivity index (χ4v) is 0.850. The third-order valence-corrected chi connectivity index (χ3v) is 1.60. The van der Waals surface area contributed by atoms with E-state index in [1.54, 1.807) is 38.0 Å². The lowest BCUT2D eigenvalue weighted by atomic mass is 10.6. The molecular weight excluding hydrogens is 198 g/mol. The predicted molar refractivity (Wildman–Crippen MR) is 55.4 cm³/mol. The zero-order chi connectivity index (χ0) is 11.6. The molecule has 0 aliphatic carbocycles. The first kappa shape index (κ1) is 11.2. The molecule has 1 aromatic rings. The molecule has 0 radical (unpaired) electrons. The van der Waals surface area contributed by atoms with Gasteiger partial charge >= 0.3 is 5.97 Å². The molecule has 0 unspecified atom stereocenters. The third kappa shape index (κ3) is 2.52. The Morgan fingerprint density at radius 1 is 1.00 bits per heavy atom. The monoisotopic (exact) mass is 211 g/mol. The maximum atomic E-state index is 10.8. The Labute approximate surface area is 87.4 Å². The van der Waals surface area contributed by atoms with Crippen molar-refractivity contribution in [1.82, 2.24) is 15.0 Å². The molecule has 0 bridgehead atoms. The summed E-state index contributed by atoms with van der Waals surface area (Å²) in [5.41, 5.74) is 0. The maximum absolute atomic E-state index is 10.8. The van der Waals surface area contributed by atoms with Gasteiger partial charge in [0.05, 0.1) is 0 Å². The van der Waals surface area contributed by atoms with E-state index in [0.717, 1.165) is 0 Å². The first-order valence-electron chi connectivity index (χ1n) is 4.26. The third-order valence-electron chi connectivity index (χ3n) is 1.60. The van der Waals surface area contributed by atoms with Crippen molar-refractivity contribution in [3.63, 3.8) is 0 Å². The predicted octanol–water partition coefficient (Wildman–Crippen LogP) is -0.298. The summed E-state index contributed by atoms with van der Waals surface area (Å²) >= 11 is 0. The fraction of sp³-hybridized carbons (Fsp3) is 0.500. The van der Waals surface area contributed by atoms with Gasteiger partial charge in [0.2, 0.25) is 17.7 Å². The van der Waals surface area contributed by atoms with Crippen LogP contribution in [0.25, 0.3) is 0 Å². The smallest absolute Gasteiger partial charge is 0.374 e. The van der Waals surface area contributed by atoms with Gasteiger partial charge in [-0.15, -0.1) is 0 Å². The highest BCUT2D eigenvalue weighted by Gasteiger charge is 2.14. The van der Waals surface area contributed by atoms with E-state index in [2.05, 4.69) is 15.0 Å². The van der Waals surface area contributed by atoms with Crippen molar-refractivity contribution in [2.75, 3.05) is 38.0 Å². The summed E-state index contributed by atoms with van der Waals surface area (Å²) in [5, 5.41) is 8.81. The Hall–Kier alpha value is -1.92. The average molecular weight is 211 g/mol. The van der Waals surface area contributed by atoms with Gasteiger partial charge in [-0.05, 0) is 0 Å². The number of carboxylic acids is 1. The number of rotatable bonds is 3. The maximum Gasteiger partial charge on any atom is 0.374 e. The van der Waals surface area contributed by atoms with E-state index in [0.29, 0.717) is 11.9 Å². The standard InChI is InChI=1S/C8H13N5O2/c1-12(2)7-9-5(6(14)15)10-8(11-7)13(3)4/h1-4H3,(H,14,15). The van der Waals surface area contributed by atoms with E-state index in [4.69, 9.17) is 5.11 Å². The Morgan fingerprint density at radius 3 is 1.67 bits per heavy atom. The van der Waals surface area contributed by atoms with Crippen LogP contribution in [0.5, 0.6) is 0 Å². The molecule has 15 heavy (non-hydrogen) atoms. The van der Waals surface area contributed by atoms with Crippen molar-refractivity contribution in [3.8, 4) is 0 Å². The van der Waals surface area contributed by atoms with E-state index < -0.39 is 5.97 Å². The van der Waals surface area contributed by atoms with E-state index >= 15 is 0 Å². The molecule has 7 nitrogen and oxygen atoms in total. The summed E-state index contributed by atoms with van der Waals surface area (Å²) in [5.74, 6) is -0.766. The van der Waals surface area contributed by atoms with Crippen LogP contribution in [0.15, 0.2) is 0 Å². The van der Waals surface area contributed by atoms with Crippen LogP contribution in [0.1, 0.15) is 10.6 Å². The summed E-state index contributed by atoms with van der Waals surface area (Å²) in [4.78, 5) is 25.7. The molecular formula is C8H13N5O2. The van der Waals surface area contributed by atoms with Crippen LogP contribution >= 0.6 is 0 Å². The highest BCUT2D eigenvalue weighted by molar-refractivity contribution is 5.83. The molecule has 7 heteroatoms. The van der Waals surface area contributed by atoms with Crippen LogP contribution in [-0.4, -0.2) is 54.2 Å². The zero-order valence-electron chi connectivity index (χ0n) is 9.09. The molecule has 1 aromatic heterocycles. The number of carbonyl (C=O) groups is 1. The first-order chi connectivity index (χ1) is 6.91. The Kier molecular flexibility index (Phi) is 3.03. The lowest BCUT2D eigenvalue weighted by molar-refractivity contribution is 0.0683. The number of aromatic carboxylic acids is 1. The summed E-state index contributed by atoms with van der Waals surface area (Å²) in [6.45, 7) is 0. The molecule has 0 aromatic carbocycles. The normalized spacial score (nSPS) is 9.87. The summed E-state index contributed by atoms with van der Waals surface area (Å²) in [6.07, 6.45) is 0. The topological polar surface area (TPSA) is 82.5 Å². The second-order valence-electron chi connectivity index (χ2n) is 3.35. The van der Waals surface area contributed by atoms with Gasteiger partial charge in [0, 0.05) is 28.2 Å². The number of anilines is 2. The molecule has 82 valence electrons. The molecule has 0 amide bonds. The second kappa shape index (κ2) is 4.07. The summed E-state index contributed by atoms with van der Waals surface area (Å²) in [6, 6.07) is 0. The molecule has 1 N–H and O–H groups in total. The fourth-order valence-electron chi connectivity index (χ4n) is 0.850. The number of hydrogen-bond acceptors (Lipinski definition) is 6. The van der Waals surface area contributed by atoms with Crippen molar-refractivity contribution < 1.29 is 9.90 Å². The highest BCUT2D eigenvalue weighted by Crippen LogP contribution is 2.09. The van der Waals surface area contributed by atoms with Gasteiger partial charge < -0.3 is 14.9 Å². The minimum Gasteiger partial charge on any atom is -0.475 e. The largest absolute Gasteiger partial charge is 0.475 e. The van der Waals surface area contributed by atoms with E-state index in [9.17, 15) is 4.79 Å². The quantitative estimate of drug-likeness (QED) is 0.735. The van der Waals surface area contributed by atoms with Crippen molar-refractivity contribution >= 4 is 17.9 Å². The first-order valence-corrected chi connectivity index (χ1v) is 4.26. The Morgan fingerprint density at radius 2 is 1.40 bits per heavy atom. The van der Waals surface area contributed by atoms with Crippen LogP contribution in [-0.2, 0) is 0 Å². The molecule has 1 rings (SSSR count).